The number of carbonyl (C=O) groups is 1. The van der Waals surface area contributed by atoms with Crippen molar-refractivity contribution in [2.45, 2.75) is 12.8 Å². The van der Waals surface area contributed by atoms with Crippen molar-refractivity contribution in [1.29, 1.82) is 0 Å². The fourth-order valence-electron chi connectivity index (χ4n) is 2.64. The summed E-state index contributed by atoms with van der Waals surface area (Å²) < 4.78 is 5.18. The quantitative estimate of drug-likeness (QED) is 0.774. The largest absolute Gasteiger partial charge is 0.497 e. The molecule has 1 heterocycles. The molecule has 5 heteroatoms. The van der Waals surface area contributed by atoms with Crippen LogP contribution in [0.3, 0.4) is 0 Å². The van der Waals surface area contributed by atoms with E-state index in [0.29, 0.717) is 5.82 Å². The number of carbonyl (C=O) groups excluding carboxylic acids is 1. The average Bonchev–Trinajstić information content (AvgIpc) is 3.38. The van der Waals surface area contributed by atoms with E-state index in [9.17, 15) is 4.79 Å². The number of rotatable bonds is 4. The maximum absolute atomic E-state index is 11.9. The first-order valence-corrected chi connectivity index (χ1v) is 7.68. The molecule has 0 saturated heterocycles. The van der Waals surface area contributed by atoms with Crippen molar-refractivity contribution in [2.75, 3.05) is 12.4 Å². The molecule has 0 unspecified atom stereocenters. The Labute approximate surface area is 133 Å². The summed E-state index contributed by atoms with van der Waals surface area (Å²) in [5.74, 6) is 1.68. The Morgan fingerprint density at radius 3 is 2.61 bits per heavy atom. The zero-order valence-corrected chi connectivity index (χ0v) is 12.8. The predicted octanol–water partition coefficient (Wildman–Crippen LogP) is 3.59. The van der Waals surface area contributed by atoms with Crippen molar-refractivity contribution in [3.8, 4) is 16.9 Å². The van der Waals surface area contributed by atoms with Crippen LogP contribution in [-0.2, 0) is 4.79 Å². The summed E-state index contributed by atoms with van der Waals surface area (Å²) in [5.41, 5.74) is 3.10. The van der Waals surface area contributed by atoms with E-state index in [1.54, 1.807) is 7.11 Å². The Kier molecular flexibility index (Phi) is 3.26. The van der Waals surface area contributed by atoms with Gasteiger partial charge in [-0.25, -0.2) is 0 Å². The lowest BCUT2D eigenvalue weighted by Crippen LogP contribution is -2.13. The number of benzene rings is 2. The van der Waals surface area contributed by atoms with E-state index in [-0.39, 0.29) is 11.8 Å². The summed E-state index contributed by atoms with van der Waals surface area (Å²) >= 11 is 0. The number of nitrogens with one attached hydrogen (secondary N) is 2. The van der Waals surface area contributed by atoms with Crippen molar-refractivity contribution in [2.24, 2.45) is 5.92 Å². The Hall–Kier alpha value is -2.82. The highest BCUT2D eigenvalue weighted by Crippen LogP contribution is 2.32. The van der Waals surface area contributed by atoms with Crippen molar-refractivity contribution < 1.29 is 9.53 Å². The van der Waals surface area contributed by atoms with Crippen LogP contribution in [0.15, 0.2) is 42.5 Å². The average molecular weight is 307 g/mol. The highest BCUT2D eigenvalue weighted by Gasteiger charge is 2.30. The van der Waals surface area contributed by atoms with Crippen LogP contribution < -0.4 is 10.1 Å². The Morgan fingerprint density at radius 1 is 1.17 bits per heavy atom. The summed E-state index contributed by atoms with van der Waals surface area (Å²) in [6, 6.07) is 14.0. The van der Waals surface area contributed by atoms with Crippen LogP contribution in [0.1, 0.15) is 12.8 Å². The fraction of sp³-hybridized carbons (Fsp3) is 0.222. The second kappa shape index (κ2) is 5.43. The first-order chi connectivity index (χ1) is 11.2. The molecule has 116 valence electrons. The monoisotopic (exact) mass is 307 g/mol. The van der Waals surface area contributed by atoms with Gasteiger partial charge in [0.25, 0.3) is 0 Å². The number of aromatic nitrogens is 2. The van der Waals surface area contributed by atoms with E-state index < -0.39 is 0 Å². The maximum Gasteiger partial charge on any atom is 0.228 e. The zero-order valence-electron chi connectivity index (χ0n) is 12.8. The minimum absolute atomic E-state index is 0.0673. The van der Waals surface area contributed by atoms with Crippen LogP contribution in [0.25, 0.3) is 22.0 Å². The van der Waals surface area contributed by atoms with E-state index in [2.05, 4.69) is 15.5 Å². The van der Waals surface area contributed by atoms with Crippen LogP contribution in [0.5, 0.6) is 5.75 Å². The number of fused-ring (bicyclic) bond motifs is 1. The number of anilines is 1. The van der Waals surface area contributed by atoms with Crippen LogP contribution in [0, 0.1) is 5.92 Å². The minimum Gasteiger partial charge on any atom is -0.497 e. The van der Waals surface area contributed by atoms with E-state index in [4.69, 9.17) is 4.74 Å². The normalized spacial score (nSPS) is 14.0. The van der Waals surface area contributed by atoms with Crippen LogP contribution >= 0.6 is 0 Å². The zero-order chi connectivity index (χ0) is 15.8. The molecule has 3 aromatic rings. The molecule has 0 spiro atoms. The van der Waals surface area contributed by atoms with E-state index in [1.165, 1.54) is 0 Å². The molecule has 2 N–H and O–H groups in total. The number of ether oxygens (including phenoxy) is 1. The molecule has 1 aliphatic carbocycles. The third-order valence-electron chi connectivity index (χ3n) is 4.18. The molecule has 1 fully saturated rings. The van der Waals surface area contributed by atoms with E-state index >= 15 is 0 Å². The predicted molar refractivity (Wildman–Crippen MR) is 89.4 cm³/mol. The van der Waals surface area contributed by atoms with Gasteiger partial charge < -0.3 is 10.1 Å². The SMILES string of the molecule is COc1ccc(-c2ccc3c(NC(=O)C4CC4)n[nH]c3c2)cc1. The Morgan fingerprint density at radius 2 is 1.91 bits per heavy atom. The fourth-order valence-corrected chi connectivity index (χ4v) is 2.64. The third-order valence-corrected chi connectivity index (χ3v) is 4.18. The summed E-state index contributed by atoms with van der Waals surface area (Å²) in [6.07, 6.45) is 1.96. The molecule has 0 bridgehead atoms. The number of H-pyrrole nitrogens is 1. The highest BCUT2D eigenvalue weighted by atomic mass is 16.5. The first kappa shape index (κ1) is 13.8. The number of hydrogen-bond donors (Lipinski definition) is 2. The van der Waals surface area contributed by atoms with Crippen molar-refractivity contribution >= 4 is 22.6 Å². The van der Waals surface area contributed by atoms with Gasteiger partial charge in [-0.15, -0.1) is 0 Å². The molecule has 0 radical (unpaired) electrons. The van der Waals surface area contributed by atoms with Gasteiger partial charge in [0.2, 0.25) is 5.91 Å². The van der Waals surface area contributed by atoms with Gasteiger partial charge in [-0.05, 0) is 48.2 Å². The Balaban J connectivity index is 1.64. The molecule has 1 amide bonds. The molecule has 4 rings (SSSR count). The van der Waals surface area contributed by atoms with Crippen LogP contribution in [0.4, 0.5) is 5.82 Å². The summed E-state index contributed by atoms with van der Waals surface area (Å²) in [6.45, 7) is 0. The number of aromatic amines is 1. The molecule has 23 heavy (non-hydrogen) atoms. The van der Waals surface area contributed by atoms with E-state index in [1.807, 2.05) is 42.5 Å². The van der Waals surface area contributed by atoms with Crippen molar-refractivity contribution in [1.82, 2.24) is 10.2 Å². The minimum atomic E-state index is 0.0673. The standard InChI is InChI=1S/C18H17N3O2/c1-23-14-7-4-11(5-8-14)13-6-9-15-16(10-13)20-21-17(15)19-18(22)12-2-3-12/h4-10,12H,2-3H2,1H3,(H2,19,20,21,22). The molecule has 1 aromatic heterocycles. The van der Waals surface area contributed by atoms with Crippen molar-refractivity contribution in [3.05, 3.63) is 42.5 Å². The smallest absolute Gasteiger partial charge is 0.228 e. The summed E-state index contributed by atoms with van der Waals surface area (Å²) in [4.78, 5) is 11.9. The summed E-state index contributed by atoms with van der Waals surface area (Å²) in [5, 5.41) is 11.1. The highest BCUT2D eigenvalue weighted by molar-refractivity contribution is 6.02. The topological polar surface area (TPSA) is 67.0 Å². The maximum atomic E-state index is 11.9. The molecule has 1 saturated carbocycles. The number of hydrogen-bond acceptors (Lipinski definition) is 3. The van der Waals surface area contributed by atoms with Gasteiger partial charge in [-0.1, -0.05) is 18.2 Å². The van der Waals surface area contributed by atoms with Gasteiger partial charge in [-0.3, -0.25) is 9.89 Å². The van der Waals surface area contributed by atoms with E-state index in [0.717, 1.165) is 40.6 Å². The lowest BCUT2D eigenvalue weighted by atomic mass is 10.0. The number of methoxy groups -OCH3 is 1. The summed E-state index contributed by atoms with van der Waals surface area (Å²) in [7, 11) is 1.66. The van der Waals surface area contributed by atoms with Crippen LogP contribution in [-0.4, -0.2) is 23.2 Å². The van der Waals surface area contributed by atoms with Gasteiger partial charge >= 0.3 is 0 Å². The van der Waals surface area contributed by atoms with Gasteiger partial charge in [0.15, 0.2) is 5.82 Å². The Bertz CT molecular complexity index is 864. The lowest BCUT2D eigenvalue weighted by Gasteiger charge is -2.04. The van der Waals surface area contributed by atoms with Crippen LogP contribution in [0.2, 0.25) is 0 Å². The van der Waals surface area contributed by atoms with Gasteiger partial charge in [-0.2, -0.15) is 5.10 Å². The van der Waals surface area contributed by atoms with Gasteiger partial charge in [0, 0.05) is 11.3 Å². The number of nitrogens with zero attached hydrogens (tertiary/aromatic N) is 1. The van der Waals surface area contributed by atoms with Crippen molar-refractivity contribution in [3.63, 3.8) is 0 Å². The molecule has 2 aromatic carbocycles. The number of amides is 1. The molecule has 0 aliphatic heterocycles. The lowest BCUT2D eigenvalue weighted by molar-refractivity contribution is -0.117. The third kappa shape index (κ3) is 2.65. The molecule has 5 nitrogen and oxygen atoms in total. The second-order valence-corrected chi connectivity index (χ2v) is 5.82. The molecule has 1 aliphatic rings. The van der Waals surface area contributed by atoms with Gasteiger partial charge in [0.05, 0.1) is 12.6 Å². The molecular formula is C18H17N3O2. The van der Waals surface area contributed by atoms with Gasteiger partial charge in [0.1, 0.15) is 5.75 Å². The first-order valence-electron chi connectivity index (χ1n) is 7.68. The second-order valence-electron chi connectivity index (χ2n) is 5.82. The molecule has 0 atom stereocenters. The molecular weight excluding hydrogens is 290 g/mol.